The predicted octanol–water partition coefficient (Wildman–Crippen LogP) is 8.41. The van der Waals surface area contributed by atoms with Crippen LogP contribution in [0.5, 0.6) is 10.8 Å². The van der Waals surface area contributed by atoms with Crippen LogP contribution in [0.15, 0.2) is 63.3 Å². The fourth-order valence-corrected chi connectivity index (χ4v) is 4.98. The molecule has 1 aromatic heterocycles. The van der Waals surface area contributed by atoms with Crippen molar-refractivity contribution in [3.63, 3.8) is 0 Å². The predicted molar refractivity (Wildman–Crippen MR) is 148 cm³/mol. The van der Waals surface area contributed by atoms with E-state index in [9.17, 15) is 28.4 Å². The first-order valence-corrected chi connectivity index (χ1v) is 13.5. The standard InChI is InChI=1S/C19H15Cl2F3N2O4S2.C5H11N/c1-2-11(20)3-4-12(21)7-8-30-18-15(26(28)29)10-17(31-18)32-25-13-5-6-14(16(27)9-13)19(22,23)24;1-6-4-2-3-5-6/h2-3,5-7,9-10,25,27H,1,4,8H2;2-5H2,1H3/b11-3+,12-7+;. The van der Waals surface area contributed by atoms with Crippen molar-refractivity contribution >= 4 is 57.9 Å². The molecule has 1 fully saturated rings. The Morgan fingerprint density at radius 2 is 2.00 bits per heavy atom. The van der Waals surface area contributed by atoms with Crippen LogP contribution in [-0.4, -0.2) is 41.7 Å². The number of ether oxygens (including phenoxy) is 1. The Morgan fingerprint density at radius 3 is 2.53 bits per heavy atom. The molecule has 0 amide bonds. The zero-order valence-electron chi connectivity index (χ0n) is 20.3. The number of halogens is 5. The molecule has 14 heteroatoms. The lowest BCUT2D eigenvalue weighted by Crippen LogP contribution is -2.10. The molecule has 1 aromatic carbocycles. The van der Waals surface area contributed by atoms with Crippen LogP contribution in [0.4, 0.5) is 24.5 Å². The van der Waals surface area contributed by atoms with Gasteiger partial charge in [0.05, 0.1) is 14.7 Å². The van der Waals surface area contributed by atoms with E-state index in [2.05, 4.69) is 23.2 Å². The summed E-state index contributed by atoms with van der Waals surface area (Å²) in [5.74, 6) is -0.933. The largest absolute Gasteiger partial charge is 0.507 e. The summed E-state index contributed by atoms with van der Waals surface area (Å²) in [4.78, 5) is 13.0. The number of hydrogen-bond donors (Lipinski definition) is 2. The van der Waals surface area contributed by atoms with Crippen molar-refractivity contribution < 1.29 is 27.9 Å². The number of nitro groups is 1. The number of benzene rings is 1. The zero-order chi connectivity index (χ0) is 28.3. The van der Waals surface area contributed by atoms with Gasteiger partial charge >= 0.3 is 11.9 Å². The Labute approximate surface area is 236 Å². The molecule has 0 saturated carbocycles. The minimum atomic E-state index is -4.68. The van der Waals surface area contributed by atoms with Crippen molar-refractivity contribution in [3.8, 4) is 10.8 Å². The molecule has 1 aliphatic rings. The van der Waals surface area contributed by atoms with Gasteiger partial charge in [-0.2, -0.15) is 13.2 Å². The second-order valence-corrected chi connectivity index (χ2v) is 10.9. The van der Waals surface area contributed by atoms with E-state index >= 15 is 0 Å². The topological polar surface area (TPSA) is 87.9 Å². The molecular formula is C24H26Cl2F3N3O4S2. The van der Waals surface area contributed by atoms with E-state index < -0.39 is 22.4 Å². The molecule has 2 N–H and O–H groups in total. The fraction of sp³-hybridized carbons (Fsp3) is 0.333. The van der Waals surface area contributed by atoms with Gasteiger partial charge in [-0.3, -0.25) is 10.1 Å². The molecule has 0 bridgehead atoms. The highest BCUT2D eigenvalue weighted by atomic mass is 35.5. The Balaban J connectivity index is 0.000000739. The van der Waals surface area contributed by atoms with E-state index in [0.29, 0.717) is 20.7 Å². The van der Waals surface area contributed by atoms with Crippen LogP contribution < -0.4 is 9.46 Å². The van der Waals surface area contributed by atoms with Crippen LogP contribution in [0.25, 0.3) is 0 Å². The number of phenols is 1. The number of nitrogens with one attached hydrogen (secondary N) is 1. The molecule has 1 aliphatic heterocycles. The van der Waals surface area contributed by atoms with Crippen LogP contribution in [0, 0.1) is 10.1 Å². The van der Waals surface area contributed by atoms with Crippen molar-refractivity contribution in [2.24, 2.45) is 0 Å². The smallest absolute Gasteiger partial charge is 0.419 e. The number of anilines is 1. The van der Waals surface area contributed by atoms with Crippen molar-refractivity contribution in [1.82, 2.24) is 4.90 Å². The van der Waals surface area contributed by atoms with Gasteiger partial charge in [0.15, 0.2) is 0 Å². The first-order chi connectivity index (χ1) is 17.9. The molecule has 0 unspecified atom stereocenters. The van der Waals surface area contributed by atoms with Crippen molar-refractivity contribution in [1.29, 1.82) is 0 Å². The van der Waals surface area contributed by atoms with E-state index in [1.165, 1.54) is 44.1 Å². The molecule has 2 aromatic rings. The SMILES string of the molecule is C=C/C(Cl)=C\C/C(Cl)=C\COc1sc(SNc2ccc(C(F)(F)F)c(O)c2)cc1[N+](=O)[O-].CN1CCCC1. The molecule has 208 valence electrons. The highest BCUT2D eigenvalue weighted by molar-refractivity contribution is 8.02. The van der Waals surface area contributed by atoms with Gasteiger partial charge in [0.1, 0.15) is 12.4 Å². The van der Waals surface area contributed by atoms with E-state index in [1.807, 2.05) is 0 Å². The molecular weight excluding hydrogens is 586 g/mol. The highest BCUT2D eigenvalue weighted by Crippen LogP contribution is 2.43. The first kappa shape index (κ1) is 31.8. The van der Waals surface area contributed by atoms with Gasteiger partial charge in [-0.15, -0.1) is 0 Å². The minimum Gasteiger partial charge on any atom is -0.507 e. The first-order valence-electron chi connectivity index (χ1n) is 11.2. The lowest BCUT2D eigenvalue weighted by molar-refractivity contribution is -0.385. The molecule has 7 nitrogen and oxygen atoms in total. The molecule has 0 radical (unpaired) electrons. The third kappa shape index (κ3) is 10.8. The van der Waals surface area contributed by atoms with Gasteiger partial charge < -0.3 is 19.5 Å². The summed E-state index contributed by atoms with van der Waals surface area (Å²) in [6.07, 6.45) is 3.12. The molecule has 2 heterocycles. The third-order valence-corrected chi connectivity index (χ3v) is 7.57. The number of thiophene rings is 1. The van der Waals surface area contributed by atoms with Crippen LogP contribution >= 0.6 is 46.5 Å². The van der Waals surface area contributed by atoms with Crippen molar-refractivity contribution in [2.75, 3.05) is 31.5 Å². The normalized spacial score (nSPS) is 14.6. The molecule has 1 saturated heterocycles. The van der Waals surface area contributed by atoms with E-state index in [0.717, 1.165) is 41.5 Å². The number of alkyl halides is 3. The second-order valence-electron chi connectivity index (χ2n) is 7.90. The molecule has 0 aliphatic carbocycles. The summed E-state index contributed by atoms with van der Waals surface area (Å²) in [5.41, 5.74) is -1.25. The minimum absolute atomic E-state index is 0.0238. The van der Waals surface area contributed by atoms with Crippen LogP contribution in [0.3, 0.4) is 0 Å². The highest BCUT2D eigenvalue weighted by Gasteiger charge is 2.33. The molecule has 0 spiro atoms. The summed E-state index contributed by atoms with van der Waals surface area (Å²) in [6, 6.07) is 4.04. The maximum absolute atomic E-state index is 12.7. The molecule has 38 heavy (non-hydrogen) atoms. The average molecular weight is 613 g/mol. The number of rotatable bonds is 10. The number of likely N-dealkylation sites (tertiary alicyclic amines) is 1. The monoisotopic (exact) mass is 611 g/mol. The van der Waals surface area contributed by atoms with Gasteiger partial charge in [-0.05, 0) is 63.1 Å². The fourth-order valence-electron chi connectivity index (χ4n) is 3.01. The zero-order valence-corrected chi connectivity index (χ0v) is 23.4. The summed E-state index contributed by atoms with van der Waals surface area (Å²) >= 11 is 13.7. The molecule has 3 rings (SSSR count). The van der Waals surface area contributed by atoms with Crippen LogP contribution in [-0.2, 0) is 6.18 Å². The number of hydrogen-bond acceptors (Lipinski definition) is 8. The number of nitrogens with zero attached hydrogens (tertiary/aromatic N) is 2. The Bertz CT molecular complexity index is 1170. The summed E-state index contributed by atoms with van der Waals surface area (Å²) in [5, 5.41) is 21.7. The summed E-state index contributed by atoms with van der Waals surface area (Å²) < 4.78 is 46.7. The molecule has 0 atom stereocenters. The summed E-state index contributed by atoms with van der Waals surface area (Å²) in [7, 11) is 2.17. The number of aromatic hydroxyl groups is 1. The van der Waals surface area contributed by atoms with Crippen LogP contribution in [0.2, 0.25) is 0 Å². The number of phenolic OH excluding ortho intramolecular Hbond substituents is 1. The van der Waals surface area contributed by atoms with E-state index in [1.54, 1.807) is 6.08 Å². The van der Waals surface area contributed by atoms with Gasteiger partial charge in [-0.1, -0.05) is 53.3 Å². The second kappa shape index (κ2) is 15.3. The maximum atomic E-state index is 12.7. The van der Waals surface area contributed by atoms with Gasteiger partial charge in [0.2, 0.25) is 0 Å². The summed E-state index contributed by atoms with van der Waals surface area (Å²) in [6.45, 7) is 6.12. The van der Waals surface area contributed by atoms with Gasteiger partial charge in [-0.25, -0.2) is 0 Å². The Kier molecular flexibility index (Phi) is 12.8. The quantitative estimate of drug-likeness (QED) is 0.121. The van der Waals surface area contributed by atoms with Crippen molar-refractivity contribution in [3.05, 3.63) is 74.8 Å². The third-order valence-electron chi connectivity index (χ3n) is 4.96. The van der Waals surface area contributed by atoms with Gasteiger partial charge in [0, 0.05) is 34.3 Å². The maximum Gasteiger partial charge on any atom is 0.419 e. The van der Waals surface area contributed by atoms with E-state index in [-0.39, 0.29) is 23.0 Å². The lowest BCUT2D eigenvalue weighted by atomic mass is 10.2. The average Bonchev–Trinajstić information content (AvgIpc) is 3.50. The number of allylic oxidation sites excluding steroid dienone is 4. The van der Waals surface area contributed by atoms with Crippen LogP contribution in [0.1, 0.15) is 24.8 Å². The Hall–Kier alpha value is -2.38. The van der Waals surface area contributed by atoms with E-state index in [4.69, 9.17) is 27.9 Å². The van der Waals surface area contributed by atoms with Gasteiger partial charge in [0.25, 0.3) is 5.06 Å². The lowest BCUT2D eigenvalue weighted by Gasteiger charge is -2.10. The van der Waals surface area contributed by atoms with Crippen molar-refractivity contribution in [2.45, 2.75) is 29.6 Å². The Morgan fingerprint density at radius 1 is 1.32 bits per heavy atom.